The molecule has 0 atom stereocenters. The Kier molecular flexibility index (Phi) is 3.31. The molecule has 0 radical (unpaired) electrons. The Morgan fingerprint density at radius 3 is 1.83 bits per heavy atom. The zero-order valence-electron chi connectivity index (χ0n) is 13.3. The summed E-state index contributed by atoms with van der Waals surface area (Å²) < 4.78 is 0. The van der Waals surface area contributed by atoms with Crippen LogP contribution in [-0.4, -0.2) is 11.1 Å². The van der Waals surface area contributed by atoms with Crippen LogP contribution in [0.5, 0.6) is 0 Å². The molecule has 0 fully saturated rings. The van der Waals surface area contributed by atoms with E-state index in [1.165, 1.54) is 10.9 Å². The highest BCUT2D eigenvalue weighted by molar-refractivity contribution is 6.13. The zero-order chi connectivity index (χ0) is 16.7. The fourth-order valence-electron chi connectivity index (χ4n) is 3.50. The van der Waals surface area contributed by atoms with E-state index in [1.807, 2.05) is 36.4 Å². The van der Waals surface area contributed by atoms with Crippen LogP contribution >= 0.6 is 0 Å². The smallest absolute Gasteiger partial charge is 0.336 e. The van der Waals surface area contributed by atoms with Crippen molar-refractivity contribution in [3.63, 3.8) is 0 Å². The van der Waals surface area contributed by atoms with Gasteiger partial charge in [-0.2, -0.15) is 0 Å². The lowest BCUT2D eigenvalue weighted by atomic mass is 9.90. The van der Waals surface area contributed by atoms with Crippen LogP contribution in [0.4, 0.5) is 0 Å². The fraction of sp³-hybridized carbons (Fsp3) is 0.0455. The lowest BCUT2D eigenvalue weighted by Crippen LogP contribution is -1.98. The number of aromatic carboxylic acids is 1. The van der Waals surface area contributed by atoms with Crippen LogP contribution in [-0.2, 0) is 0 Å². The van der Waals surface area contributed by atoms with Crippen LogP contribution in [0.1, 0.15) is 15.9 Å². The minimum Gasteiger partial charge on any atom is -0.478 e. The second-order valence-electron chi connectivity index (χ2n) is 5.99. The summed E-state index contributed by atoms with van der Waals surface area (Å²) in [6.07, 6.45) is 0. The standard InChI is InChI=1S/C22H16O2/c1-14-6-2-7-15-8-3-11-17(20(14)15)18-12-4-9-16-10-5-13-19(21(16)18)22(23)24/h2-13H,1H3,(H,23,24). The third-order valence-electron chi connectivity index (χ3n) is 4.54. The average molecular weight is 312 g/mol. The normalized spacial score (nSPS) is 11.0. The molecule has 0 aliphatic rings. The molecule has 0 aromatic heterocycles. The molecule has 0 unspecified atom stereocenters. The number of hydrogen-bond acceptors (Lipinski definition) is 1. The number of benzene rings is 4. The van der Waals surface area contributed by atoms with Crippen LogP contribution in [0.2, 0.25) is 0 Å². The number of fused-ring (bicyclic) bond motifs is 2. The number of carboxylic acid groups (broad SMARTS) is 1. The van der Waals surface area contributed by atoms with Gasteiger partial charge in [-0.25, -0.2) is 4.79 Å². The van der Waals surface area contributed by atoms with Crippen molar-refractivity contribution in [1.29, 1.82) is 0 Å². The van der Waals surface area contributed by atoms with Gasteiger partial charge in [0.25, 0.3) is 0 Å². The highest BCUT2D eigenvalue weighted by atomic mass is 16.4. The molecule has 24 heavy (non-hydrogen) atoms. The lowest BCUT2D eigenvalue weighted by molar-refractivity contribution is 0.0699. The molecule has 0 saturated carbocycles. The highest BCUT2D eigenvalue weighted by Crippen LogP contribution is 2.36. The molecule has 2 heteroatoms. The second-order valence-corrected chi connectivity index (χ2v) is 5.99. The Bertz CT molecular complexity index is 1080. The predicted octanol–water partition coefficient (Wildman–Crippen LogP) is 5.67. The van der Waals surface area contributed by atoms with Gasteiger partial charge in [0, 0.05) is 5.39 Å². The molecule has 0 heterocycles. The van der Waals surface area contributed by atoms with Gasteiger partial charge in [-0.1, -0.05) is 66.7 Å². The minimum absolute atomic E-state index is 0.341. The maximum absolute atomic E-state index is 11.7. The van der Waals surface area contributed by atoms with Crippen LogP contribution in [0.15, 0.2) is 72.8 Å². The van der Waals surface area contributed by atoms with Gasteiger partial charge < -0.3 is 5.11 Å². The van der Waals surface area contributed by atoms with E-state index in [0.29, 0.717) is 5.56 Å². The number of aryl methyl sites for hydroxylation is 1. The van der Waals surface area contributed by atoms with Crippen LogP contribution in [0.3, 0.4) is 0 Å². The fourth-order valence-corrected chi connectivity index (χ4v) is 3.50. The monoisotopic (exact) mass is 312 g/mol. The molecule has 0 aliphatic heterocycles. The number of hydrogen-bond donors (Lipinski definition) is 1. The van der Waals surface area contributed by atoms with E-state index in [0.717, 1.165) is 27.3 Å². The van der Waals surface area contributed by atoms with E-state index >= 15 is 0 Å². The predicted molar refractivity (Wildman–Crippen MR) is 98.6 cm³/mol. The quantitative estimate of drug-likeness (QED) is 0.518. The molecule has 116 valence electrons. The third-order valence-corrected chi connectivity index (χ3v) is 4.54. The van der Waals surface area contributed by atoms with Crippen molar-refractivity contribution in [3.05, 3.63) is 83.9 Å². The largest absolute Gasteiger partial charge is 0.478 e. The zero-order valence-corrected chi connectivity index (χ0v) is 13.3. The second kappa shape index (κ2) is 5.50. The Balaban J connectivity index is 2.18. The molecule has 0 bridgehead atoms. The van der Waals surface area contributed by atoms with E-state index in [9.17, 15) is 9.90 Å². The number of rotatable bonds is 2. The first-order valence-electron chi connectivity index (χ1n) is 7.90. The average Bonchev–Trinajstić information content (AvgIpc) is 2.60. The Labute approximate surface area is 140 Å². The Hall–Kier alpha value is -3.13. The molecule has 4 aromatic rings. The molecule has 1 N–H and O–H groups in total. The van der Waals surface area contributed by atoms with Crippen molar-refractivity contribution in [1.82, 2.24) is 0 Å². The summed E-state index contributed by atoms with van der Waals surface area (Å²) in [7, 11) is 0. The van der Waals surface area contributed by atoms with Crippen LogP contribution < -0.4 is 0 Å². The van der Waals surface area contributed by atoms with E-state index in [-0.39, 0.29) is 0 Å². The first kappa shape index (κ1) is 14.5. The minimum atomic E-state index is -0.898. The van der Waals surface area contributed by atoms with Crippen LogP contribution in [0, 0.1) is 6.92 Å². The Morgan fingerprint density at radius 1 is 0.708 bits per heavy atom. The molecule has 0 spiro atoms. The molecule has 0 aliphatic carbocycles. The SMILES string of the molecule is Cc1cccc2cccc(-c3cccc4cccc(C(=O)O)c34)c12. The first-order valence-corrected chi connectivity index (χ1v) is 7.90. The van der Waals surface area contributed by atoms with Gasteiger partial charge in [-0.15, -0.1) is 0 Å². The van der Waals surface area contributed by atoms with Gasteiger partial charge in [-0.3, -0.25) is 0 Å². The molecular formula is C22H16O2. The third kappa shape index (κ3) is 2.16. The number of carboxylic acids is 1. The van der Waals surface area contributed by atoms with E-state index in [4.69, 9.17) is 0 Å². The highest BCUT2D eigenvalue weighted by Gasteiger charge is 2.15. The summed E-state index contributed by atoms with van der Waals surface area (Å²) >= 11 is 0. The molecular weight excluding hydrogens is 296 g/mol. The lowest BCUT2D eigenvalue weighted by Gasteiger charge is -2.13. The summed E-state index contributed by atoms with van der Waals surface area (Å²) in [5.41, 5.74) is 3.57. The van der Waals surface area contributed by atoms with Crippen molar-refractivity contribution in [2.75, 3.05) is 0 Å². The summed E-state index contributed by atoms with van der Waals surface area (Å²) in [6, 6.07) is 23.8. The van der Waals surface area contributed by atoms with Crippen molar-refractivity contribution in [3.8, 4) is 11.1 Å². The van der Waals surface area contributed by atoms with E-state index in [2.05, 4.69) is 31.2 Å². The van der Waals surface area contributed by atoms with Gasteiger partial charge in [-0.05, 0) is 45.8 Å². The summed E-state index contributed by atoms with van der Waals surface area (Å²) in [4.78, 5) is 11.7. The van der Waals surface area contributed by atoms with Crippen molar-refractivity contribution in [2.24, 2.45) is 0 Å². The molecule has 4 aromatic carbocycles. The van der Waals surface area contributed by atoms with Crippen molar-refractivity contribution >= 4 is 27.5 Å². The van der Waals surface area contributed by atoms with E-state index < -0.39 is 5.97 Å². The van der Waals surface area contributed by atoms with Crippen molar-refractivity contribution in [2.45, 2.75) is 6.92 Å². The van der Waals surface area contributed by atoms with E-state index in [1.54, 1.807) is 12.1 Å². The summed E-state index contributed by atoms with van der Waals surface area (Å²) in [5, 5.41) is 13.7. The van der Waals surface area contributed by atoms with Gasteiger partial charge >= 0.3 is 5.97 Å². The van der Waals surface area contributed by atoms with Crippen molar-refractivity contribution < 1.29 is 9.90 Å². The molecule has 0 saturated heterocycles. The molecule has 2 nitrogen and oxygen atoms in total. The first-order chi connectivity index (χ1) is 11.7. The molecule has 4 rings (SSSR count). The van der Waals surface area contributed by atoms with Gasteiger partial charge in [0.1, 0.15) is 0 Å². The Morgan fingerprint density at radius 2 is 1.21 bits per heavy atom. The topological polar surface area (TPSA) is 37.3 Å². The maximum atomic E-state index is 11.7. The van der Waals surface area contributed by atoms with Gasteiger partial charge in [0.15, 0.2) is 0 Å². The van der Waals surface area contributed by atoms with Gasteiger partial charge in [0.2, 0.25) is 0 Å². The summed E-state index contributed by atoms with van der Waals surface area (Å²) in [6.45, 7) is 2.09. The molecule has 0 amide bonds. The van der Waals surface area contributed by atoms with Gasteiger partial charge in [0.05, 0.1) is 5.56 Å². The number of carbonyl (C=O) groups is 1. The maximum Gasteiger partial charge on any atom is 0.336 e. The summed E-state index contributed by atoms with van der Waals surface area (Å²) in [5.74, 6) is -0.898. The van der Waals surface area contributed by atoms with Crippen LogP contribution in [0.25, 0.3) is 32.7 Å².